The van der Waals surface area contributed by atoms with Gasteiger partial charge in [-0.15, -0.1) is 0 Å². The average molecular weight is 458 g/mol. The molecule has 8 nitrogen and oxygen atoms in total. The third kappa shape index (κ3) is 4.69. The summed E-state index contributed by atoms with van der Waals surface area (Å²) >= 11 is 3.30. The number of esters is 1. The first kappa shape index (κ1) is 20.3. The van der Waals surface area contributed by atoms with Crippen molar-refractivity contribution in [3.05, 3.63) is 80.7 Å². The molecule has 0 saturated carbocycles. The number of hydrogen-bond donors (Lipinski definition) is 2. The monoisotopic (exact) mass is 457 g/mol. The van der Waals surface area contributed by atoms with Crippen molar-refractivity contribution in [1.29, 1.82) is 0 Å². The van der Waals surface area contributed by atoms with E-state index in [4.69, 9.17) is 4.74 Å². The van der Waals surface area contributed by atoms with Crippen molar-refractivity contribution in [3.8, 4) is 11.4 Å². The van der Waals surface area contributed by atoms with Gasteiger partial charge in [0.05, 0.1) is 17.9 Å². The molecule has 0 atom stereocenters. The standard InChI is InChI=1S/C20H16BrN3O5/c1-2-29-20(28)12-4-3-5-14(10-12)22-19(27)18-16(25)11-17(26)24(23-18)15-8-6-13(21)7-9-15/h3-11,25H,2H2,1H3,(H,22,27). The van der Waals surface area contributed by atoms with E-state index in [1.807, 2.05) is 0 Å². The zero-order chi connectivity index (χ0) is 21.0. The molecule has 148 valence electrons. The minimum Gasteiger partial charge on any atom is -0.505 e. The van der Waals surface area contributed by atoms with E-state index in [1.54, 1.807) is 49.4 Å². The molecule has 0 fully saturated rings. The Hall–Kier alpha value is -3.46. The van der Waals surface area contributed by atoms with Gasteiger partial charge in [-0.2, -0.15) is 9.78 Å². The van der Waals surface area contributed by atoms with Crippen LogP contribution in [-0.2, 0) is 4.74 Å². The number of carbonyl (C=O) groups excluding carboxylic acids is 2. The molecule has 29 heavy (non-hydrogen) atoms. The first-order valence-corrected chi connectivity index (χ1v) is 9.36. The number of carbonyl (C=O) groups is 2. The predicted molar refractivity (Wildman–Crippen MR) is 110 cm³/mol. The van der Waals surface area contributed by atoms with Gasteiger partial charge in [0, 0.05) is 16.2 Å². The van der Waals surface area contributed by atoms with Crippen molar-refractivity contribution in [3.63, 3.8) is 0 Å². The van der Waals surface area contributed by atoms with Gasteiger partial charge in [0.2, 0.25) is 0 Å². The summed E-state index contributed by atoms with van der Waals surface area (Å²) in [6.07, 6.45) is 0. The number of nitrogens with one attached hydrogen (secondary N) is 1. The van der Waals surface area contributed by atoms with Gasteiger partial charge in [-0.3, -0.25) is 9.59 Å². The summed E-state index contributed by atoms with van der Waals surface area (Å²) in [5, 5.41) is 16.6. The average Bonchev–Trinajstić information content (AvgIpc) is 2.69. The van der Waals surface area contributed by atoms with Gasteiger partial charge < -0.3 is 15.2 Å². The molecule has 0 unspecified atom stereocenters. The SMILES string of the molecule is CCOC(=O)c1cccc(NC(=O)c2nn(-c3ccc(Br)cc3)c(=O)cc2O)c1. The minimum atomic E-state index is -0.741. The van der Waals surface area contributed by atoms with E-state index in [0.717, 1.165) is 15.2 Å². The molecule has 3 aromatic rings. The number of ether oxygens (including phenoxy) is 1. The highest BCUT2D eigenvalue weighted by atomic mass is 79.9. The van der Waals surface area contributed by atoms with Crippen LogP contribution in [-0.4, -0.2) is 33.4 Å². The fourth-order valence-corrected chi connectivity index (χ4v) is 2.77. The molecule has 2 aromatic carbocycles. The molecule has 3 rings (SSSR count). The summed E-state index contributed by atoms with van der Waals surface area (Å²) < 4.78 is 6.76. The number of aromatic hydroxyl groups is 1. The number of halogens is 1. The number of anilines is 1. The van der Waals surface area contributed by atoms with Crippen LogP contribution in [0.5, 0.6) is 5.75 Å². The van der Waals surface area contributed by atoms with Gasteiger partial charge in [0.15, 0.2) is 11.4 Å². The lowest BCUT2D eigenvalue weighted by Gasteiger charge is -2.10. The topological polar surface area (TPSA) is 111 Å². The molecule has 9 heteroatoms. The van der Waals surface area contributed by atoms with Gasteiger partial charge in [-0.05, 0) is 49.4 Å². The Morgan fingerprint density at radius 2 is 1.90 bits per heavy atom. The second kappa shape index (κ2) is 8.70. The van der Waals surface area contributed by atoms with Crippen LogP contribution in [0.15, 0.2) is 63.9 Å². The molecule has 0 saturated heterocycles. The summed E-state index contributed by atoms with van der Waals surface area (Å²) in [5.74, 6) is -1.81. The van der Waals surface area contributed by atoms with E-state index in [0.29, 0.717) is 11.4 Å². The highest BCUT2D eigenvalue weighted by molar-refractivity contribution is 9.10. The van der Waals surface area contributed by atoms with Gasteiger partial charge in [0.1, 0.15) is 0 Å². The van der Waals surface area contributed by atoms with Crippen LogP contribution in [0.3, 0.4) is 0 Å². The molecule has 0 radical (unpaired) electrons. The molecule has 0 spiro atoms. The van der Waals surface area contributed by atoms with Crippen LogP contribution in [0.4, 0.5) is 5.69 Å². The first-order valence-electron chi connectivity index (χ1n) is 8.57. The second-order valence-electron chi connectivity index (χ2n) is 5.86. The van der Waals surface area contributed by atoms with Crippen molar-refractivity contribution >= 4 is 33.5 Å². The summed E-state index contributed by atoms with van der Waals surface area (Å²) in [6.45, 7) is 1.92. The fraction of sp³-hybridized carbons (Fsp3) is 0.100. The number of amides is 1. The van der Waals surface area contributed by atoms with E-state index in [9.17, 15) is 19.5 Å². The smallest absolute Gasteiger partial charge is 0.338 e. The maximum Gasteiger partial charge on any atom is 0.338 e. The molecule has 0 aliphatic rings. The van der Waals surface area contributed by atoms with Crippen molar-refractivity contribution in [2.45, 2.75) is 6.92 Å². The van der Waals surface area contributed by atoms with Crippen LogP contribution >= 0.6 is 15.9 Å². The van der Waals surface area contributed by atoms with Gasteiger partial charge >= 0.3 is 5.97 Å². The van der Waals surface area contributed by atoms with Crippen LogP contribution in [0, 0.1) is 0 Å². The number of nitrogens with zero attached hydrogens (tertiary/aromatic N) is 2. The van der Waals surface area contributed by atoms with E-state index in [2.05, 4.69) is 26.3 Å². The molecular formula is C20H16BrN3O5. The van der Waals surface area contributed by atoms with E-state index in [1.165, 1.54) is 6.07 Å². The maximum absolute atomic E-state index is 12.6. The number of hydrogen-bond acceptors (Lipinski definition) is 6. The Kier molecular flexibility index (Phi) is 6.08. The lowest BCUT2D eigenvalue weighted by Crippen LogP contribution is -2.25. The second-order valence-corrected chi connectivity index (χ2v) is 6.78. The van der Waals surface area contributed by atoms with Crippen LogP contribution in [0.1, 0.15) is 27.8 Å². The van der Waals surface area contributed by atoms with Gasteiger partial charge in [-0.25, -0.2) is 4.79 Å². The minimum absolute atomic E-state index is 0.227. The van der Waals surface area contributed by atoms with E-state index >= 15 is 0 Å². The summed E-state index contributed by atoms with van der Waals surface area (Å²) in [6, 6.07) is 13.8. The third-order valence-electron chi connectivity index (χ3n) is 3.83. The number of rotatable bonds is 5. The molecule has 0 aliphatic carbocycles. The molecule has 1 aromatic heterocycles. The number of aromatic nitrogens is 2. The van der Waals surface area contributed by atoms with Crippen LogP contribution < -0.4 is 10.9 Å². The van der Waals surface area contributed by atoms with Crippen LogP contribution in [0.2, 0.25) is 0 Å². The lowest BCUT2D eigenvalue weighted by atomic mass is 10.2. The third-order valence-corrected chi connectivity index (χ3v) is 4.36. The highest BCUT2D eigenvalue weighted by Gasteiger charge is 2.18. The Balaban J connectivity index is 1.91. The first-order chi connectivity index (χ1) is 13.9. The molecule has 0 aliphatic heterocycles. The summed E-state index contributed by atoms with van der Waals surface area (Å²) in [5.41, 5.74) is 0.0705. The fourth-order valence-electron chi connectivity index (χ4n) is 2.50. The maximum atomic E-state index is 12.6. The van der Waals surface area contributed by atoms with E-state index in [-0.39, 0.29) is 17.9 Å². The molecular weight excluding hydrogens is 442 g/mol. The highest BCUT2D eigenvalue weighted by Crippen LogP contribution is 2.18. The van der Waals surface area contributed by atoms with E-state index < -0.39 is 23.2 Å². The lowest BCUT2D eigenvalue weighted by molar-refractivity contribution is 0.0526. The summed E-state index contributed by atoms with van der Waals surface area (Å²) in [7, 11) is 0. The zero-order valence-electron chi connectivity index (χ0n) is 15.3. The summed E-state index contributed by atoms with van der Waals surface area (Å²) in [4.78, 5) is 36.6. The van der Waals surface area contributed by atoms with Crippen molar-refractivity contribution in [1.82, 2.24) is 9.78 Å². The number of benzene rings is 2. The van der Waals surface area contributed by atoms with Crippen molar-refractivity contribution < 1.29 is 19.4 Å². The molecule has 2 N–H and O–H groups in total. The Bertz CT molecular complexity index is 1130. The van der Waals surface area contributed by atoms with Crippen molar-refractivity contribution in [2.24, 2.45) is 0 Å². The largest absolute Gasteiger partial charge is 0.505 e. The quantitative estimate of drug-likeness (QED) is 0.569. The predicted octanol–water partition coefficient (Wildman–Crippen LogP) is 3.13. The van der Waals surface area contributed by atoms with Crippen molar-refractivity contribution in [2.75, 3.05) is 11.9 Å². The molecule has 1 amide bonds. The Morgan fingerprint density at radius 3 is 2.59 bits per heavy atom. The zero-order valence-corrected chi connectivity index (χ0v) is 16.8. The van der Waals surface area contributed by atoms with Gasteiger partial charge in [-0.1, -0.05) is 22.0 Å². The normalized spacial score (nSPS) is 10.4. The Morgan fingerprint density at radius 1 is 1.17 bits per heavy atom. The molecule has 1 heterocycles. The Labute approximate surface area is 173 Å². The van der Waals surface area contributed by atoms with Crippen LogP contribution in [0.25, 0.3) is 5.69 Å². The molecule has 0 bridgehead atoms. The van der Waals surface area contributed by atoms with Gasteiger partial charge in [0.25, 0.3) is 11.5 Å².